The highest BCUT2D eigenvalue weighted by Gasteiger charge is 2.18. The van der Waals surface area contributed by atoms with Gasteiger partial charge in [-0.1, -0.05) is 61.9 Å². The van der Waals surface area contributed by atoms with Crippen molar-refractivity contribution < 1.29 is 0 Å². The van der Waals surface area contributed by atoms with Crippen molar-refractivity contribution in [3.63, 3.8) is 0 Å². The second-order valence-electron chi connectivity index (χ2n) is 4.44. The SMILES string of the molecule is CCCC(C)c1nnc(C(Cl)c2ccccc2)s1. The molecule has 0 aliphatic heterocycles. The number of nitrogens with zero attached hydrogens (tertiary/aromatic N) is 2. The molecule has 1 aromatic heterocycles. The lowest BCUT2D eigenvalue weighted by Crippen LogP contribution is -1.91. The molecule has 0 aliphatic rings. The van der Waals surface area contributed by atoms with Crippen LogP contribution in [-0.2, 0) is 0 Å². The molecule has 0 saturated carbocycles. The molecule has 0 aliphatic carbocycles. The highest BCUT2D eigenvalue weighted by molar-refractivity contribution is 7.11. The largest absolute Gasteiger partial charge is 0.143 e. The van der Waals surface area contributed by atoms with Crippen LogP contribution < -0.4 is 0 Å². The fourth-order valence-electron chi connectivity index (χ4n) is 1.87. The summed E-state index contributed by atoms with van der Waals surface area (Å²) in [4.78, 5) is 0. The van der Waals surface area contributed by atoms with Crippen LogP contribution >= 0.6 is 22.9 Å². The number of hydrogen-bond acceptors (Lipinski definition) is 3. The maximum Gasteiger partial charge on any atom is 0.139 e. The van der Waals surface area contributed by atoms with E-state index in [1.54, 1.807) is 11.3 Å². The Labute approximate surface area is 117 Å². The normalized spacial score (nSPS) is 14.4. The van der Waals surface area contributed by atoms with Gasteiger partial charge in [0.05, 0.1) is 0 Å². The summed E-state index contributed by atoms with van der Waals surface area (Å²) in [6, 6.07) is 10.0. The summed E-state index contributed by atoms with van der Waals surface area (Å²) in [5, 5.41) is 10.3. The van der Waals surface area contributed by atoms with Gasteiger partial charge in [-0.15, -0.1) is 21.8 Å². The van der Waals surface area contributed by atoms with Gasteiger partial charge in [0.25, 0.3) is 0 Å². The quantitative estimate of drug-likeness (QED) is 0.737. The second-order valence-corrected chi connectivity index (χ2v) is 5.92. The molecule has 0 bridgehead atoms. The Morgan fingerprint density at radius 1 is 1.17 bits per heavy atom. The van der Waals surface area contributed by atoms with Crippen LogP contribution in [0, 0.1) is 0 Å². The number of benzene rings is 1. The van der Waals surface area contributed by atoms with Gasteiger partial charge in [0.15, 0.2) is 0 Å². The summed E-state index contributed by atoms with van der Waals surface area (Å²) in [7, 11) is 0. The van der Waals surface area contributed by atoms with E-state index in [-0.39, 0.29) is 5.38 Å². The minimum absolute atomic E-state index is 0.189. The first-order valence-corrected chi connectivity index (χ1v) is 7.50. The first-order chi connectivity index (χ1) is 8.72. The van der Waals surface area contributed by atoms with Crippen molar-refractivity contribution in [3.05, 3.63) is 45.9 Å². The summed E-state index contributed by atoms with van der Waals surface area (Å²) in [5.41, 5.74) is 1.07. The smallest absolute Gasteiger partial charge is 0.139 e. The third-order valence-electron chi connectivity index (χ3n) is 2.91. The Hall–Kier alpha value is -0.930. The molecule has 0 fully saturated rings. The van der Waals surface area contributed by atoms with E-state index >= 15 is 0 Å². The molecule has 2 nitrogen and oxygen atoms in total. The number of hydrogen-bond donors (Lipinski definition) is 0. The van der Waals surface area contributed by atoms with Crippen molar-refractivity contribution in [2.75, 3.05) is 0 Å². The molecule has 2 atom stereocenters. The molecule has 1 heterocycles. The number of alkyl halides is 1. The summed E-state index contributed by atoms with van der Waals surface area (Å²) < 4.78 is 0. The average molecular weight is 281 g/mol. The summed E-state index contributed by atoms with van der Waals surface area (Å²) >= 11 is 8.06. The maximum atomic E-state index is 6.43. The average Bonchev–Trinajstić information content (AvgIpc) is 2.89. The molecule has 0 saturated heterocycles. The third-order valence-corrected chi connectivity index (χ3v) is 4.72. The highest BCUT2D eigenvalue weighted by Crippen LogP contribution is 2.33. The van der Waals surface area contributed by atoms with Crippen molar-refractivity contribution in [3.8, 4) is 0 Å². The predicted octanol–water partition coefficient (Wildman–Crippen LogP) is 4.77. The highest BCUT2D eigenvalue weighted by atomic mass is 35.5. The van der Waals surface area contributed by atoms with Gasteiger partial charge in [0, 0.05) is 5.92 Å². The van der Waals surface area contributed by atoms with Gasteiger partial charge in [-0.3, -0.25) is 0 Å². The van der Waals surface area contributed by atoms with E-state index in [1.165, 1.54) is 6.42 Å². The Balaban J connectivity index is 2.15. The van der Waals surface area contributed by atoms with Gasteiger partial charge in [-0.2, -0.15) is 0 Å². The monoisotopic (exact) mass is 280 g/mol. The predicted molar refractivity (Wildman–Crippen MR) is 77.4 cm³/mol. The lowest BCUT2D eigenvalue weighted by atomic mass is 10.1. The minimum atomic E-state index is -0.189. The third kappa shape index (κ3) is 3.09. The van der Waals surface area contributed by atoms with E-state index in [2.05, 4.69) is 24.0 Å². The Kier molecular flexibility index (Phi) is 4.72. The van der Waals surface area contributed by atoms with Crippen molar-refractivity contribution in [2.45, 2.75) is 38.0 Å². The van der Waals surface area contributed by atoms with Crippen molar-refractivity contribution in [1.29, 1.82) is 0 Å². The van der Waals surface area contributed by atoms with Crippen LogP contribution in [0.4, 0.5) is 0 Å². The molecule has 2 unspecified atom stereocenters. The Bertz CT molecular complexity index is 484. The number of rotatable bonds is 5. The maximum absolute atomic E-state index is 6.43. The van der Waals surface area contributed by atoms with E-state index < -0.39 is 0 Å². The number of halogens is 1. The first kappa shape index (κ1) is 13.5. The van der Waals surface area contributed by atoms with Crippen LogP contribution in [0.1, 0.15) is 53.6 Å². The van der Waals surface area contributed by atoms with E-state index in [0.717, 1.165) is 22.0 Å². The molecule has 2 rings (SSSR count). The molecule has 4 heteroatoms. The summed E-state index contributed by atoms with van der Waals surface area (Å²) in [5.74, 6) is 0.473. The van der Waals surface area contributed by atoms with Crippen LogP contribution in [-0.4, -0.2) is 10.2 Å². The molecule has 0 N–H and O–H groups in total. The zero-order chi connectivity index (χ0) is 13.0. The fourth-order valence-corrected chi connectivity index (χ4v) is 3.13. The van der Waals surface area contributed by atoms with Crippen LogP contribution in [0.5, 0.6) is 0 Å². The molecular formula is C14H17ClN2S. The number of aromatic nitrogens is 2. The van der Waals surface area contributed by atoms with E-state index in [1.807, 2.05) is 30.3 Å². The topological polar surface area (TPSA) is 25.8 Å². The molecule has 18 heavy (non-hydrogen) atoms. The van der Waals surface area contributed by atoms with Gasteiger partial charge < -0.3 is 0 Å². The Morgan fingerprint density at radius 2 is 1.83 bits per heavy atom. The fraction of sp³-hybridized carbons (Fsp3) is 0.429. The van der Waals surface area contributed by atoms with Crippen LogP contribution in [0.3, 0.4) is 0 Å². The first-order valence-electron chi connectivity index (χ1n) is 6.24. The van der Waals surface area contributed by atoms with Crippen molar-refractivity contribution in [1.82, 2.24) is 10.2 Å². The van der Waals surface area contributed by atoms with E-state index in [4.69, 9.17) is 11.6 Å². The molecule has 2 aromatic rings. The van der Waals surface area contributed by atoms with Gasteiger partial charge in [-0.05, 0) is 12.0 Å². The Morgan fingerprint density at radius 3 is 2.50 bits per heavy atom. The van der Waals surface area contributed by atoms with Crippen molar-refractivity contribution in [2.24, 2.45) is 0 Å². The van der Waals surface area contributed by atoms with Gasteiger partial charge >= 0.3 is 0 Å². The van der Waals surface area contributed by atoms with Gasteiger partial charge in [-0.25, -0.2) is 0 Å². The summed E-state index contributed by atoms with van der Waals surface area (Å²) in [6.45, 7) is 4.38. The minimum Gasteiger partial charge on any atom is -0.143 e. The van der Waals surface area contributed by atoms with Crippen LogP contribution in [0.25, 0.3) is 0 Å². The molecule has 96 valence electrons. The van der Waals surface area contributed by atoms with Gasteiger partial charge in [0.1, 0.15) is 15.4 Å². The second kappa shape index (κ2) is 6.30. The van der Waals surface area contributed by atoms with Crippen LogP contribution in [0.2, 0.25) is 0 Å². The standard InChI is InChI=1S/C14H17ClN2S/c1-3-7-10(2)13-16-17-14(18-13)12(15)11-8-5-4-6-9-11/h4-6,8-10,12H,3,7H2,1-2H3. The molecular weight excluding hydrogens is 264 g/mol. The van der Waals surface area contributed by atoms with Gasteiger partial charge in [0.2, 0.25) is 0 Å². The van der Waals surface area contributed by atoms with Crippen molar-refractivity contribution >= 4 is 22.9 Å². The van der Waals surface area contributed by atoms with E-state index in [9.17, 15) is 0 Å². The lowest BCUT2D eigenvalue weighted by molar-refractivity contribution is 0.653. The molecule has 1 aromatic carbocycles. The lowest BCUT2D eigenvalue weighted by Gasteiger charge is -2.05. The molecule has 0 spiro atoms. The van der Waals surface area contributed by atoms with E-state index in [0.29, 0.717) is 5.92 Å². The molecule has 0 amide bonds. The zero-order valence-corrected chi connectivity index (χ0v) is 12.2. The zero-order valence-electron chi connectivity index (χ0n) is 10.6. The molecule has 0 radical (unpaired) electrons. The summed E-state index contributed by atoms with van der Waals surface area (Å²) in [6.07, 6.45) is 2.31. The van der Waals surface area contributed by atoms with Crippen LogP contribution in [0.15, 0.2) is 30.3 Å².